The zero-order valence-corrected chi connectivity index (χ0v) is 14.1. The normalized spacial score (nSPS) is 17.6. The van der Waals surface area contributed by atoms with Crippen molar-refractivity contribution in [3.8, 4) is 0 Å². The molecule has 0 bridgehead atoms. The molecule has 1 unspecified atom stereocenters. The summed E-state index contributed by atoms with van der Waals surface area (Å²) in [5, 5.41) is 3.50. The molecule has 4 heteroatoms. The van der Waals surface area contributed by atoms with Crippen molar-refractivity contribution in [3.05, 3.63) is 29.8 Å². The zero-order valence-electron chi connectivity index (χ0n) is 13.3. The van der Waals surface area contributed by atoms with Gasteiger partial charge in [-0.2, -0.15) is 0 Å². The molecule has 0 heterocycles. The van der Waals surface area contributed by atoms with E-state index in [1.807, 2.05) is 12.1 Å². The Morgan fingerprint density at radius 3 is 2.62 bits per heavy atom. The SMILES string of the molecule is COC(=O)C(CSc1ccccc1C)(NC(C)C)C1CC1. The Morgan fingerprint density at radius 2 is 2.10 bits per heavy atom. The van der Waals surface area contributed by atoms with Crippen LogP contribution in [0.4, 0.5) is 0 Å². The summed E-state index contributed by atoms with van der Waals surface area (Å²) in [7, 11) is 1.49. The third-order valence-corrected chi connectivity index (χ3v) is 5.29. The second kappa shape index (κ2) is 6.84. The maximum Gasteiger partial charge on any atom is 0.327 e. The highest BCUT2D eigenvalue weighted by Gasteiger charge is 2.52. The van der Waals surface area contributed by atoms with E-state index in [2.05, 4.69) is 38.2 Å². The number of thioether (sulfide) groups is 1. The Morgan fingerprint density at radius 1 is 1.43 bits per heavy atom. The second-order valence-electron chi connectivity index (χ2n) is 6.09. The molecule has 0 aliphatic heterocycles. The van der Waals surface area contributed by atoms with Crippen molar-refractivity contribution >= 4 is 17.7 Å². The number of ether oxygens (including phenoxy) is 1. The number of methoxy groups -OCH3 is 1. The Bertz CT molecular complexity index is 499. The molecule has 1 fully saturated rings. The van der Waals surface area contributed by atoms with Crippen molar-refractivity contribution in [1.82, 2.24) is 5.32 Å². The van der Waals surface area contributed by atoms with Crippen molar-refractivity contribution in [2.45, 2.75) is 50.1 Å². The van der Waals surface area contributed by atoms with Crippen molar-refractivity contribution in [2.24, 2.45) is 5.92 Å². The molecular weight excluding hydrogens is 282 g/mol. The molecule has 116 valence electrons. The van der Waals surface area contributed by atoms with Gasteiger partial charge in [-0.05, 0) is 51.2 Å². The fourth-order valence-corrected chi connectivity index (χ4v) is 4.04. The monoisotopic (exact) mass is 307 g/mol. The van der Waals surface area contributed by atoms with Crippen LogP contribution in [-0.4, -0.2) is 30.4 Å². The third kappa shape index (κ3) is 3.80. The van der Waals surface area contributed by atoms with Crippen LogP contribution in [0.2, 0.25) is 0 Å². The summed E-state index contributed by atoms with van der Waals surface area (Å²) in [6, 6.07) is 8.56. The van der Waals surface area contributed by atoms with E-state index in [1.165, 1.54) is 17.6 Å². The molecule has 3 nitrogen and oxygen atoms in total. The van der Waals surface area contributed by atoms with Gasteiger partial charge >= 0.3 is 5.97 Å². The quantitative estimate of drug-likeness (QED) is 0.619. The molecule has 0 spiro atoms. The van der Waals surface area contributed by atoms with Crippen LogP contribution >= 0.6 is 11.8 Å². The van der Waals surface area contributed by atoms with E-state index in [1.54, 1.807) is 11.8 Å². The predicted molar refractivity (Wildman–Crippen MR) is 87.6 cm³/mol. The molecule has 21 heavy (non-hydrogen) atoms. The van der Waals surface area contributed by atoms with Crippen LogP contribution in [0.15, 0.2) is 29.2 Å². The van der Waals surface area contributed by atoms with E-state index in [4.69, 9.17) is 4.74 Å². The van der Waals surface area contributed by atoms with Gasteiger partial charge in [0.1, 0.15) is 5.54 Å². The van der Waals surface area contributed by atoms with Gasteiger partial charge in [0, 0.05) is 16.7 Å². The minimum Gasteiger partial charge on any atom is -0.468 e. The summed E-state index contributed by atoms with van der Waals surface area (Å²) in [5.41, 5.74) is 0.692. The number of esters is 1. The van der Waals surface area contributed by atoms with Crippen LogP contribution in [-0.2, 0) is 9.53 Å². The van der Waals surface area contributed by atoms with E-state index in [-0.39, 0.29) is 12.0 Å². The smallest absolute Gasteiger partial charge is 0.327 e. The minimum atomic E-state index is -0.560. The van der Waals surface area contributed by atoms with Crippen LogP contribution in [0.1, 0.15) is 32.3 Å². The molecular formula is C17H25NO2S. The molecule has 0 aromatic heterocycles. The molecule has 2 rings (SSSR count). The van der Waals surface area contributed by atoms with Gasteiger partial charge in [-0.3, -0.25) is 10.1 Å². The molecule has 1 atom stereocenters. The lowest BCUT2D eigenvalue weighted by Crippen LogP contribution is -2.59. The molecule has 1 N–H and O–H groups in total. The second-order valence-corrected chi connectivity index (χ2v) is 7.11. The molecule has 1 aromatic rings. The summed E-state index contributed by atoms with van der Waals surface area (Å²) in [4.78, 5) is 13.7. The number of carbonyl (C=O) groups excluding carboxylic acids is 1. The van der Waals surface area contributed by atoms with Gasteiger partial charge in [0.25, 0.3) is 0 Å². The Hall–Kier alpha value is -1.00. The fraction of sp³-hybridized carbons (Fsp3) is 0.588. The molecule has 0 saturated heterocycles. The summed E-state index contributed by atoms with van der Waals surface area (Å²) < 4.78 is 5.12. The standard InChI is InChI=1S/C17H25NO2S/c1-12(2)18-17(14-9-10-14,16(19)20-4)11-21-15-8-6-5-7-13(15)3/h5-8,12,14,18H,9-11H2,1-4H3. The molecule has 0 amide bonds. The Kier molecular flexibility index (Phi) is 5.33. The van der Waals surface area contributed by atoms with Gasteiger partial charge in [0.15, 0.2) is 0 Å². The fourth-order valence-electron chi connectivity index (χ4n) is 2.75. The predicted octanol–water partition coefficient (Wildman–Crippen LogP) is 3.41. The van der Waals surface area contributed by atoms with Gasteiger partial charge in [-0.25, -0.2) is 0 Å². The third-order valence-electron chi connectivity index (χ3n) is 3.92. The lowest BCUT2D eigenvalue weighted by Gasteiger charge is -2.34. The lowest BCUT2D eigenvalue weighted by molar-refractivity contribution is -0.148. The van der Waals surface area contributed by atoms with Crippen molar-refractivity contribution < 1.29 is 9.53 Å². The summed E-state index contributed by atoms with van der Waals surface area (Å²) in [6.45, 7) is 6.27. The van der Waals surface area contributed by atoms with Gasteiger partial charge in [-0.1, -0.05) is 18.2 Å². The number of hydrogen-bond donors (Lipinski definition) is 1. The molecule has 1 aliphatic carbocycles. The Labute approximate surface area is 131 Å². The average Bonchev–Trinajstić information content (AvgIpc) is 3.28. The van der Waals surface area contributed by atoms with Gasteiger partial charge in [-0.15, -0.1) is 11.8 Å². The molecule has 1 saturated carbocycles. The summed E-state index contributed by atoms with van der Waals surface area (Å²) >= 11 is 1.74. The van der Waals surface area contributed by atoms with Crippen LogP contribution in [0.25, 0.3) is 0 Å². The number of nitrogens with one attached hydrogen (secondary N) is 1. The number of rotatable bonds is 7. The maximum absolute atomic E-state index is 12.5. The largest absolute Gasteiger partial charge is 0.468 e. The highest BCUT2D eigenvalue weighted by atomic mass is 32.2. The molecule has 1 aliphatic rings. The van der Waals surface area contributed by atoms with E-state index < -0.39 is 5.54 Å². The lowest BCUT2D eigenvalue weighted by atomic mass is 9.94. The van der Waals surface area contributed by atoms with Crippen LogP contribution < -0.4 is 5.32 Å². The van der Waals surface area contributed by atoms with E-state index >= 15 is 0 Å². The number of aryl methyl sites for hydroxylation is 1. The molecule has 1 aromatic carbocycles. The topological polar surface area (TPSA) is 38.3 Å². The first-order valence-electron chi connectivity index (χ1n) is 7.54. The highest BCUT2D eigenvalue weighted by Crippen LogP contribution is 2.43. The molecule has 0 radical (unpaired) electrons. The summed E-state index contributed by atoms with van der Waals surface area (Å²) in [6.07, 6.45) is 2.20. The van der Waals surface area contributed by atoms with Crippen LogP contribution in [0.5, 0.6) is 0 Å². The van der Waals surface area contributed by atoms with E-state index in [9.17, 15) is 4.79 Å². The first kappa shape index (κ1) is 16.4. The van der Waals surface area contributed by atoms with Crippen LogP contribution in [0, 0.1) is 12.8 Å². The van der Waals surface area contributed by atoms with Crippen molar-refractivity contribution in [3.63, 3.8) is 0 Å². The van der Waals surface area contributed by atoms with Crippen molar-refractivity contribution in [1.29, 1.82) is 0 Å². The Balaban J connectivity index is 2.19. The van der Waals surface area contributed by atoms with Crippen LogP contribution in [0.3, 0.4) is 0 Å². The first-order valence-corrected chi connectivity index (χ1v) is 8.52. The van der Waals surface area contributed by atoms with Gasteiger partial charge in [0.05, 0.1) is 7.11 Å². The van der Waals surface area contributed by atoms with Gasteiger partial charge in [0.2, 0.25) is 0 Å². The van der Waals surface area contributed by atoms with E-state index in [0.717, 1.165) is 12.8 Å². The maximum atomic E-state index is 12.5. The first-order chi connectivity index (χ1) is 9.99. The summed E-state index contributed by atoms with van der Waals surface area (Å²) in [5.74, 6) is 0.983. The number of hydrogen-bond acceptors (Lipinski definition) is 4. The average molecular weight is 307 g/mol. The van der Waals surface area contributed by atoms with Crippen molar-refractivity contribution in [2.75, 3.05) is 12.9 Å². The van der Waals surface area contributed by atoms with Gasteiger partial charge < -0.3 is 4.74 Å². The highest BCUT2D eigenvalue weighted by molar-refractivity contribution is 7.99. The van der Waals surface area contributed by atoms with E-state index in [0.29, 0.717) is 11.7 Å². The minimum absolute atomic E-state index is 0.125. The zero-order chi connectivity index (χ0) is 15.5. The number of benzene rings is 1. The number of carbonyl (C=O) groups is 1.